The first-order valence-electron chi connectivity index (χ1n) is 12.3. The Morgan fingerprint density at radius 3 is 2.25 bits per heavy atom. The Morgan fingerprint density at radius 2 is 1.64 bits per heavy atom. The number of ether oxygens (including phenoxy) is 1. The van der Waals surface area contributed by atoms with Gasteiger partial charge in [-0.25, -0.2) is 4.79 Å². The second kappa shape index (κ2) is 13.6. The van der Waals surface area contributed by atoms with Gasteiger partial charge in [-0.3, -0.25) is 19.7 Å². The van der Waals surface area contributed by atoms with E-state index in [4.69, 9.17) is 4.74 Å². The molecule has 5 N–H and O–H groups in total. The van der Waals surface area contributed by atoms with E-state index in [1.165, 1.54) is 14.0 Å². The molecule has 198 valence electrons. The Hall–Kier alpha value is -3.40. The van der Waals surface area contributed by atoms with Crippen molar-refractivity contribution in [1.82, 2.24) is 20.9 Å². The standard InChI is InChI=1S/C26H38N4O6/c1-6-9-20(26(35)36-5)29-23(31)21(12-15(2)3)30-24(32)22(28-16(4)25(33)34)13-17-14-27-19-11-8-7-10-18(17)19/h7-8,10-11,14-16,20-22,27-28H,6,9,12-13H2,1-5H3,(H,29,31)(H,30,32)(H,33,34)/t16?,20-,21-,22-/m0/s1. The van der Waals surface area contributed by atoms with E-state index in [1.807, 2.05) is 45.0 Å². The summed E-state index contributed by atoms with van der Waals surface area (Å²) >= 11 is 0. The minimum atomic E-state index is -1.09. The van der Waals surface area contributed by atoms with Gasteiger partial charge < -0.3 is 25.5 Å². The molecule has 0 saturated carbocycles. The van der Waals surface area contributed by atoms with Gasteiger partial charge in [0.2, 0.25) is 11.8 Å². The van der Waals surface area contributed by atoms with Crippen LogP contribution in [0.3, 0.4) is 0 Å². The number of rotatable bonds is 14. The Labute approximate surface area is 211 Å². The van der Waals surface area contributed by atoms with Gasteiger partial charge in [-0.15, -0.1) is 0 Å². The first kappa shape index (κ1) is 28.8. The summed E-state index contributed by atoms with van der Waals surface area (Å²) in [6.45, 7) is 7.19. The number of nitrogens with one attached hydrogen (secondary N) is 4. The van der Waals surface area contributed by atoms with Crippen LogP contribution in [-0.4, -0.2) is 65.1 Å². The number of para-hydroxylation sites is 1. The van der Waals surface area contributed by atoms with E-state index in [2.05, 4.69) is 20.9 Å². The molecule has 2 amide bonds. The van der Waals surface area contributed by atoms with Crippen LogP contribution in [0.2, 0.25) is 0 Å². The number of hydrogen-bond donors (Lipinski definition) is 5. The molecule has 0 radical (unpaired) electrons. The van der Waals surface area contributed by atoms with E-state index < -0.39 is 47.9 Å². The van der Waals surface area contributed by atoms with Gasteiger partial charge in [-0.05, 0) is 43.7 Å². The summed E-state index contributed by atoms with van der Waals surface area (Å²) < 4.78 is 4.80. The Morgan fingerprint density at radius 1 is 1.00 bits per heavy atom. The highest BCUT2D eigenvalue weighted by Gasteiger charge is 2.31. The molecule has 0 bridgehead atoms. The number of methoxy groups -OCH3 is 1. The van der Waals surface area contributed by atoms with Crippen molar-refractivity contribution in [2.45, 2.75) is 77.5 Å². The summed E-state index contributed by atoms with van der Waals surface area (Å²) in [5, 5.41) is 18.7. The number of carboxylic acid groups (broad SMARTS) is 1. The van der Waals surface area contributed by atoms with E-state index in [0.717, 1.165) is 16.5 Å². The van der Waals surface area contributed by atoms with Crippen molar-refractivity contribution in [1.29, 1.82) is 0 Å². The normalized spacial score (nSPS) is 14.6. The molecule has 36 heavy (non-hydrogen) atoms. The van der Waals surface area contributed by atoms with Crippen molar-refractivity contribution in [3.63, 3.8) is 0 Å². The number of aromatic nitrogens is 1. The molecule has 0 spiro atoms. The molecule has 1 heterocycles. The largest absolute Gasteiger partial charge is 0.480 e. The number of fused-ring (bicyclic) bond motifs is 1. The van der Waals surface area contributed by atoms with Crippen LogP contribution in [0.1, 0.15) is 52.5 Å². The highest BCUT2D eigenvalue weighted by molar-refractivity contribution is 5.93. The van der Waals surface area contributed by atoms with Crippen LogP contribution in [0.25, 0.3) is 10.9 Å². The zero-order valence-corrected chi connectivity index (χ0v) is 21.6. The van der Waals surface area contributed by atoms with E-state index >= 15 is 0 Å². The average molecular weight is 503 g/mol. The van der Waals surface area contributed by atoms with Gasteiger partial charge in [0.15, 0.2) is 0 Å². The van der Waals surface area contributed by atoms with Crippen LogP contribution in [0.5, 0.6) is 0 Å². The van der Waals surface area contributed by atoms with E-state index in [-0.39, 0.29) is 12.3 Å². The van der Waals surface area contributed by atoms with Gasteiger partial charge in [0.25, 0.3) is 0 Å². The van der Waals surface area contributed by atoms with Crippen molar-refractivity contribution in [2.24, 2.45) is 5.92 Å². The minimum absolute atomic E-state index is 0.0711. The molecule has 1 unspecified atom stereocenters. The maximum absolute atomic E-state index is 13.4. The third-order valence-corrected chi connectivity index (χ3v) is 5.96. The fraction of sp³-hybridized carbons (Fsp3) is 0.538. The Kier molecular flexibility index (Phi) is 10.9. The minimum Gasteiger partial charge on any atom is -0.480 e. The average Bonchev–Trinajstić information content (AvgIpc) is 3.24. The fourth-order valence-electron chi connectivity index (χ4n) is 4.05. The number of carboxylic acids is 1. The maximum Gasteiger partial charge on any atom is 0.328 e. The van der Waals surface area contributed by atoms with Gasteiger partial charge in [-0.1, -0.05) is 45.4 Å². The second-order valence-electron chi connectivity index (χ2n) is 9.41. The lowest BCUT2D eigenvalue weighted by Crippen LogP contribution is -2.57. The quantitative estimate of drug-likeness (QED) is 0.248. The first-order valence-corrected chi connectivity index (χ1v) is 12.3. The lowest BCUT2D eigenvalue weighted by atomic mass is 10.00. The van der Waals surface area contributed by atoms with Crippen LogP contribution < -0.4 is 16.0 Å². The number of carbonyl (C=O) groups excluding carboxylic acids is 3. The molecule has 10 nitrogen and oxygen atoms in total. The molecule has 1 aromatic carbocycles. The molecule has 10 heteroatoms. The van der Waals surface area contributed by atoms with Gasteiger partial charge >= 0.3 is 11.9 Å². The first-order chi connectivity index (χ1) is 17.1. The van der Waals surface area contributed by atoms with Gasteiger partial charge in [0, 0.05) is 17.1 Å². The SMILES string of the molecule is CCC[C@H](NC(=O)[C@H](CC(C)C)NC(=O)[C@H](Cc1c[nH]c2ccccc12)NC(C)C(=O)O)C(=O)OC. The summed E-state index contributed by atoms with van der Waals surface area (Å²) in [7, 11) is 1.26. The van der Waals surface area contributed by atoms with Crippen LogP contribution in [0, 0.1) is 5.92 Å². The zero-order valence-electron chi connectivity index (χ0n) is 21.6. The van der Waals surface area contributed by atoms with E-state index in [9.17, 15) is 24.3 Å². The number of carbonyl (C=O) groups is 4. The number of H-pyrrole nitrogens is 1. The number of benzene rings is 1. The topological polar surface area (TPSA) is 150 Å². The summed E-state index contributed by atoms with van der Waals surface area (Å²) in [4.78, 5) is 53.3. The molecular weight excluding hydrogens is 464 g/mol. The summed E-state index contributed by atoms with van der Waals surface area (Å²) in [6.07, 6.45) is 3.41. The third kappa shape index (κ3) is 8.08. The van der Waals surface area contributed by atoms with Crippen molar-refractivity contribution in [3.05, 3.63) is 36.0 Å². The monoisotopic (exact) mass is 502 g/mol. The Bertz CT molecular complexity index is 1050. The van der Waals surface area contributed by atoms with Gasteiger partial charge in [0.1, 0.15) is 18.1 Å². The molecule has 2 rings (SSSR count). The van der Waals surface area contributed by atoms with Gasteiger partial charge in [-0.2, -0.15) is 0 Å². The predicted octanol–water partition coefficient (Wildman–Crippen LogP) is 2.13. The number of aromatic amines is 1. The van der Waals surface area contributed by atoms with Gasteiger partial charge in [0.05, 0.1) is 13.2 Å². The molecule has 0 aliphatic heterocycles. The Balaban J connectivity index is 2.26. The van der Waals surface area contributed by atoms with E-state index in [1.54, 1.807) is 6.20 Å². The van der Waals surface area contributed by atoms with Crippen LogP contribution in [0.15, 0.2) is 30.5 Å². The zero-order chi connectivity index (χ0) is 26.8. The number of esters is 1. The summed E-state index contributed by atoms with van der Waals surface area (Å²) in [6, 6.07) is 4.00. The highest BCUT2D eigenvalue weighted by atomic mass is 16.5. The number of aliphatic carboxylic acids is 1. The number of hydrogen-bond acceptors (Lipinski definition) is 6. The molecule has 4 atom stereocenters. The molecule has 2 aromatic rings. The van der Waals surface area contributed by atoms with Crippen molar-refractivity contribution >= 4 is 34.7 Å². The molecular formula is C26H38N4O6. The predicted molar refractivity (Wildman–Crippen MR) is 136 cm³/mol. The summed E-state index contributed by atoms with van der Waals surface area (Å²) in [5.74, 6) is -2.56. The van der Waals surface area contributed by atoms with Crippen molar-refractivity contribution in [2.75, 3.05) is 7.11 Å². The van der Waals surface area contributed by atoms with Crippen LogP contribution in [-0.2, 0) is 30.3 Å². The lowest BCUT2D eigenvalue weighted by Gasteiger charge is -2.26. The molecule has 0 saturated heterocycles. The molecule has 1 aromatic heterocycles. The highest BCUT2D eigenvalue weighted by Crippen LogP contribution is 2.19. The fourth-order valence-corrected chi connectivity index (χ4v) is 4.05. The van der Waals surface area contributed by atoms with E-state index in [0.29, 0.717) is 19.3 Å². The molecule has 0 fully saturated rings. The molecule has 0 aliphatic carbocycles. The maximum atomic E-state index is 13.4. The van der Waals surface area contributed by atoms with Crippen LogP contribution in [0.4, 0.5) is 0 Å². The lowest BCUT2D eigenvalue weighted by molar-refractivity contribution is -0.145. The number of amides is 2. The van der Waals surface area contributed by atoms with Crippen molar-refractivity contribution < 1.29 is 29.0 Å². The second-order valence-corrected chi connectivity index (χ2v) is 9.41. The van der Waals surface area contributed by atoms with Crippen molar-refractivity contribution in [3.8, 4) is 0 Å². The van der Waals surface area contributed by atoms with Crippen LogP contribution >= 0.6 is 0 Å². The third-order valence-electron chi connectivity index (χ3n) is 5.96. The smallest absolute Gasteiger partial charge is 0.328 e. The summed E-state index contributed by atoms with van der Waals surface area (Å²) in [5.41, 5.74) is 1.74. The molecule has 0 aliphatic rings.